The molecular formula is C10H14N2O3S. The molecule has 0 unspecified atom stereocenters. The van der Waals surface area contributed by atoms with Gasteiger partial charge in [0.05, 0.1) is 6.54 Å². The first-order valence-corrected chi connectivity index (χ1v) is 5.72. The van der Waals surface area contributed by atoms with E-state index in [0.29, 0.717) is 6.54 Å². The minimum atomic E-state index is -0.942. The Morgan fingerprint density at radius 3 is 2.75 bits per heavy atom. The summed E-state index contributed by atoms with van der Waals surface area (Å²) in [6, 6.07) is 1.56. The van der Waals surface area contributed by atoms with Gasteiger partial charge in [-0.2, -0.15) is 0 Å². The van der Waals surface area contributed by atoms with E-state index in [4.69, 9.17) is 5.11 Å². The number of rotatable bonds is 5. The van der Waals surface area contributed by atoms with E-state index in [2.05, 4.69) is 5.32 Å². The number of amides is 1. The average Bonchev–Trinajstić information content (AvgIpc) is 2.66. The number of carbonyl (C=O) groups excluding carboxylic acids is 1. The molecule has 1 aromatic rings. The number of hydrogen-bond acceptors (Lipinski definition) is 4. The second-order valence-electron chi connectivity index (χ2n) is 3.28. The third-order valence-corrected chi connectivity index (χ3v) is 2.90. The molecule has 1 amide bonds. The monoisotopic (exact) mass is 242 g/mol. The maximum atomic E-state index is 11.3. The van der Waals surface area contributed by atoms with Crippen molar-refractivity contribution < 1.29 is 14.7 Å². The molecule has 6 heteroatoms. The molecule has 1 heterocycles. The Kier molecular flexibility index (Phi) is 4.30. The Labute approximate surface area is 97.7 Å². The Morgan fingerprint density at radius 1 is 1.56 bits per heavy atom. The normalized spacial score (nSPS) is 9.88. The highest BCUT2D eigenvalue weighted by Gasteiger charge is 2.11. The third-order valence-electron chi connectivity index (χ3n) is 1.99. The van der Waals surface area contributed by atoms with Gasteiger partial charge in [-0.3, -0.25) is 4.79 Å². The van der Waals surface area contributed by atoms with Gasteiger partial charge in [-0.15, -0.1) is 11.3 Å². The Morgan fingerprint density at radius 2 is 2.25 bits per heavy atom. The predicted octanol–water partition coefficient (Wildman–Crippen LogP) is 1.02. The van der Waals surface area contributed by atoms with Crippen LogP contribution in [0.15, 0.2) is 11.4 Å². The van der Waals surface area contributed by atoms with Gasteiger partial charge in [-0.05, 0) is 13.0 Å². The van der Waals surface area contributed by atoms with Crippen LogP contribution >= 0.6 is 11.3 Å². The number of likely N-dealkylation sites (N-methyl/N-ethyl adjacent to an activating group) is 2. The molecule has 0 aliphatic carbocycles. The van der Waals surface area contributed by atoms with E-state index in [1.165, 1.54) is 0 Å². The van der Waals surface area contributed by atoms with E-state index in [-0.39, 0.29) is 17.3 Å². The lowest BCUT2D eigenvalue weighted by molar-refractivity contribution is -0.119. The molecule has 5 nitrogen and oxygen atoms in total. The molecule has 0 aliphatic rings. The molecule has 16 heavy (non-hydrogen) atoms. The van der Waals surface area contributed by atoms with E-state index >= 15 is 0 Å². The Hall–Kier alpha value is -1.56. The maximum absolute atomic E-state index is 11.3. The van der Waals surface area contributed by atoms with E-state index in [1.807, 2.05) is 6.92 Å². The first-order chi connectivity index (χ1) is 7.54. The lowest BCUT2D eigenvalue weighted by Crippen LogP contribution is -2.34. The summed E-state index contributed by atoms with van der Waals surface area (Å²) < 4.78 is 0. The van der Waals surface area contributed by atoms with E-state index < -0.39 is 5.97 Å². The molecule has 0 atom stereocenters. The molecule has 0 saturated heterocycles. The zero-order chi connectivity index (χ0) is 12.1. The lowest BCUT2D eigenvalue weighted by atomic mass is 10.4. The molecule has 0 radical (unpaired) electrons. The van der Waals surface area contributed by atoms with E-state index in [0.717, 1.165) is 17.0 Å². The predicted molar refractivity (Wildman–Crippen MR) is 63.2 cm³/mol. The second kappa shape index (κ2) is 5.50. The largest absolute Gasteiger partial charge is 0.477 e. The molecule has 0 fully saturated rings. The summed E-state index contributed by atoms with van der Waals surface area (Å²) in [5, 5.41) is 13.2. The number of thiophene rings is 1. The van der Waals surface area contributed by atoms with Crippen molar-refractivity contribution in [1.29, 1.82) is 0 Å². The second-order valence-corrected chi connectivity index (χ2v) is 4.20. The van der Waals surface area contributed by atoms with Crippen molar-refractivity contribution >= 4 is 28.9 Å². The number of hydrogen-bond donors (Lipinski definition) is 2. The van der Waals surface area contributed by atoms with Gasteiger partial charge in [-0.25, -0.2) is 4.79 Å². The lowest BCUT2D eigenvalue weighted by Gasteiger charge is -2.16. The summed E-state index contributed by atoms with van der Waals surface area (Å²) >= 11 is 1.15. The molecule has 0 aromatic carbocycles. The first-order valence-electron chi connectivity index (χ1n) is 4.84. The summed E-state index contributed by atoms with van der Waals surface area (Å²) in [5.74, 6) is -1.02. The highest BCUT2D eigenvalue weighted by Crippen LogP contribution is 2.21. The van der Waals surface area contributed by atoms with Gasteiger partial charge in [0.25, 0.3) is 0 Å². The number of nitrogens with one attached hydrogen (secondary N) is 1. The van der Waals surface area contributed by atoms with Crippen LogP contribution in [0.2, 0.25) is 0 Å². The number of carboxylic acid groups (broad SMARTS) is 1. The SMILES string of the molecule is CCNC(=O)CN(C)c1csc(C(=O)O)c1. The molecule has 88 valence electrons. The van der Waals surface area contributed by atoms with Gasteiger partial charge < -0.3 is 15.3 Å². The highest BCUT2D eigenvalue weighted by atomic mass is 32.1. The van der Waals surface area contributed by atoms with Crippen LogP contribution in [0.4, 0.5) is 5.69 Å². The van der Waals surface area contributed by atoms with Crippen molar-refractivity contribution in [2.45, 2.75) is 6.92 Å². The van der Waals surface area contributed by atoms with Crippen molar-refractivity contribution in [2.75, 3.05) is 25.0 Å². The van der Waals surface area contributed by atoms with Crippen LogP contribution in [0.5, 0.6) is 0 Å². The van der Waals surface area contributed by atoms with Gasteiger partial charge in [0.15, 0.2) is 0 Å². The Balaban J connectivity index is 2.62. The van der Waals surface area contributed by atoms with Crippen LogP contribution in [0.3, 0.4) is 0 Å². The van der Waals surface area contributed by atoms with Gasteiger partial charge in [-0.1, -0.05) is 0 Å². The minimum Gasteiger partial charge on any atom is -0.477 e. The highest BCUT2D eigenvalue weighted by molar-refractivity contribution is 7.12. The van der Waals surface area contributed by atoms with Crippen molar-refractivity contribution in [3.8, 4) is 0 Å². The first kappa shape index (κ1) is 12.5. The van der Waals surface area contributed by atoms with Crippen LogP contribution in [0.1, 0.15) is 16.6 Å². The maximum Gasteiger partial charge on any atom is 0.345 e. The van der Waals surface area contributed by atoms with E-state index in [1.54, 1.807) is 23.4 Å². The fourth-order valence-electron chi connectivity index (χ4n) is 1.20. The number of aromatic carboxylic acids is 1. The fourth-order valence-corrected chi connectivity index (χ4v) is 1.98. The number of nitrogens with zero attached hydrogens (tertiary/aromatic N) is 1. The van der Waals surface area contributed by atoms with Crippen molar-refractivity contribution in [1.82, 2.24) is 5.32 Å². The molecule has 1 aromatic heterocycles. The van der Waals surface area contributed by atoms with Crippen LogP contribution in [-0.4, -0.2) is 37.1 Å². The van der Waals surface area contributed by atoms with Crippen molar-refractivity contribution in [3.05, 3.63) is 16.3 Å². The fraction of sp³-hybridized carbons (Fsp3) is 0.400. The summed E-state index contributed by atoms with van der Waals surface area (Å²) in [6.45, 7) is 2.67. The minimum absolute atomic E-state index is 0.0759. The molecule has 1 rings (SSSR count). The average molecular weight is 242 g/mol. The number of anilines is 1. The van der Waals surface area contributed by atoms with Crippen LogP contribution in [0, 0.1) is 0 Å². The van der Waals surface area contributed by atoms with Gasteiger partial charge in [0.2, 0.25) is 5.91 Å². The van der Waals surface area contributed by atoms with Crippen LogP contribution in [-0.2, 0) is 4.79 Å². The van der Waals surface area contributed by atoms with Crippen LogP contribution in [0.25, 0.3) is 0 Å². The van der Waals surface area contributed by atoms with Gasteiger partial charge >= 0.3 is 5.97 Å². The number of carboxylic acids is 1. The standard InChI is InChI=1S/C10H14N2O3S/c1-3-11-9(13)5-12(2)7-4-8(10(14)15)16-6-7/h4,6H,3,5H2,1-2H3,(H,11,13)(H,14,15). The topological polar surface area (TPSA) is 69.6 Å². The molecule has 0 aliphatic heterocycles. The summed E-state index contributed by atoms with van der Waals surface area (Å²) in [5.41, 5.74) is 0.744. The molecule has 2 N–H and O–H groups in total. The summed E-state index contributed by atoms with van der Waals surface area (Å²) in [4.78, 5) is 24.0. The molecule has 0 spiro atoms. The molecule has 0 bridgehead atoms. The summed E-state index contributed by atoms with van der Waals surface area (Å²) in [7, 11) is 1.75. The Bertz CT molecular complexity index is 389. The van der Waals surface area contributed by atoms with Crippen molar-refractivity contribution in [2.24, 2.45) is 0 Å². The van der Waals surface area contributed by atoms with E-state index in [9.17, 15) is 9.59 Å². The molecular weight excluding hydrogens is 228 g/mol. The zero-order valence-corrected chi connectivity index (χ0v) is 10.0. The quantitative estimate of drug-likeness (QED) is 0.808. The van der Waals surface area contributed by atoms with Gasteiger partial charge in [0, 0.05) is 24.7 Å². The van der Waals surface area contributed by atoms with Crippen molar-refractivity contribution in [3.63, 3.8) is 0 Å². The van der Waals surface area contributed by atoms with Crippen LogP contribution < -0.4 is 10.2 Å². The zero-order valence-electron chi connectivity index (χ0n) is 9.19. The number of carbonyl (C=O) groups is 2. The van der Waals surface area contributed by atoms with Gasteiger partial charge in [0.1, 0.15) is 4.88 Å². The third kappa shape index (κ3) is 3.23. The summed E-state index contributed by atoms with van der Waals surface area (Å²) in [6.07, 6.45) is 0. The smallest absolute Gasteiger partial charge is 0.345 e. The molecule has 0 saturated carbocycles.